The van der Waals surface area contributed by atoms with Crippen LogP contribution in [-0.4, -0.2) is 85.0 Å². The fraction of sp³-hybridized carbons (Fsp3) is 0.333. The van der Waals surface area contributed by atoms with Gasteiger partial charge in [0.2, 0.25) is 0 Å². The van der Waals surface area contributed by atoms with Crippen molar-refractivity contribution in [2.45, 2.75) is 12.6 Å². The molecule has 0 aliphatic carbocycles. The zero-order valence-corrected chi connectivity index (χ0v) is 10.9. The minimum Gasteiger partial charge on any atom is -0.104 e. The highest BCUT2D eigenvalue weighted by Gasteiger charge is 2.22. The van der Waals surface area contributed by atoms with Crippen LogP contribution >= 0.6 is 0 Å². The van der Waals surface area contributed by atoms with E-state index in [0.717, 1.165) is 12.6 Å². The monoisotopic (exact) mass is 214 g/mol. The summed E-state index contributed by atoms with van der Waals surface area (Å²) in [4.78, 5) is 0. The van der Waals surface area contributed by atoms with E-state index in [2.05, 4.69) is 20.2 Å². The van der Waals surface area contributed by atoms with Gasteiger partial charge in [-0.15, -0.1) is 25.3 Å². The van der Waals surface area contributed by atoms with Gasteiger partial charge in [-0.1, -0.05) is 12.6 Å². The van der Waals surface area contributed by atoms with Gasteiger partial charge < -0.3 is 0 Å². The van der Waals surface area contributed by atoms with Crippen LogP contribution in [0.3, 0.4) is 0 Å². The molecule has 0 aliphatic heterocycles. The molecule has 0 nitrogen and oxygen atoms in total. The van der Waals surface area contributed by atoms with Gasteiger partial charge in [-0.2, -0.15) is 0 Å². The Morgan fingerprint density at radius 2 is 1.39 bits per heavy atom. The highest BCUT2D eigenvalue weighted by atomic mass is 13.6. The molecular formula is C6H10B12. The van der Waals surface area contributed by atoms with E-state index >= 15 is 0 Å². The lowest BCUT2D eigenvalue weighted by molar-refractivity contribution is 1.69. The van der Waals surface area contributed by atoms with Gasteiger partial charge in [0.25, 0.3) is 0 Å². The van der Waals surface area contributed by atoms with E-state index in [-0.39, 0.29) is 0 Å². The van der Waals surface area contributed by atoms with E-state index in [1.54, 1.807) is 14.1 Å². The molecule has 0 aromatic carbocycles. The van der Waals surface area contributed by atoms with Gasteiger partial charge in [0.1, 0.15) is 0 Å². The van der Waals surface area contributed by atoms with Gasteiger partial charge in [-0.05, 0) is 0 Å². The van der Waals surface area contributed by atoms with Crippen LogP contribution in [0.15, 0.2) is 25.3 Å². The molecule has 12 radical (unpaired) electrons. The Labute approximate surface area is 123 Å². The predicted molar refractivity (Wildman–Crippen MR) is 99.1 cm³/mol. The number of hydrogen-bond acceptors (Lipinski definition) is 0. The van der Waals surface area contributed by atoms with Crippen LogP contribution in [0.25, 0.3) is 0 Å². The molecule has 0 aliphatic rings. The summed E-state index contributed by atoms with van der Waals surface area (Å²) in [6.45, 7) is 8.21. The minimum atomic E-state index is 0.304. The van der Waals surface area contributed by atoms with E-state index in [1.807, 2.05) is 40.4 Å². The summed E-state index contributed by atoms with van der Waals surface area (Å²) in [7, 11) is 25.9. The summed E-state index contributed by atoms with van der Waals surface area (Å²) in [6.07, 6.45) is 5.60. The van der Waals surface area contributed by atoms with Crippen LogP contribution in [0, 0.1) is 0 Å². The Morgan fingerprint density at radius 3 is 1.94 bits per heavy atom. The lowest BCUT2D eigenvalue weighted by Crippen LogP contribution is -2.48. The van der Waals surface area contributed by atoms with Gasteiger partial charge >= 0.3 is 0 Å². The number of rotatable bonds is 13. The minimum absolute atomic E-state index is 0.304. The molecule has 0 rings (SSSR count). The average molecular weight is 212 g/mol. The third-order valence-electron chi connectivity index (χ3n) is 2.59. The molecular weight excluding hydrogens is 202 g/mol. The Morgan fingerprint density at radius 1 is 0.833 bits per heavy atom. The summed E-state index contributed by atoms with van der Waals surface area (Å²) >= 11 is 0. The quantitative estimate of drug-likeness (QED) is 0.183. The van der Waals surface area contributed by atoms with Crippen molar-refractivity contribution < 1.29 is 0 Å². The molecule has 0 spiro atoms. The number of hydrogen-bond donors (Lipinski definition) is 0. The van der Waals surface area contributed by atoms with Crippen LogP contribution in [0.1, 0.15) is 0 Å². The van der Waals surface area contributed by atoms with Gasteiger partial charge in [-0.3, -0.25) is 0 Å². The van der Waals surface area contributed by atoms with Crippen molar-refractivity contribution in [1.29, 1.82) is 0 Å². The van der Waals surface area contributed by atoms with Crippen molar-refractivity contribution in [2.24, 2.45) is 0 Å². The zero-order valence-electron chi connectivity index (χ0n) is 10.9. The van der Waals surface area contributed by atoms with E-state index in [9.17, 15) is 0 Å². The first-order chi connectivity index (χ1) is 8.79. The van der Waals surface area contributed by atoms with E-state index in [0.29, 0.717) is 13.0 Å². The second kappa shape index (κ2) is 13.7. The van der Waals surface area contributed by atoms with Crippen molar-refractivity contribution in [1.82, 2.24) is 0 Å². The SMILES string of the molecule is [B][B][B][B][B][B][B][B]B(CC=C)B([B][B])CC=C. The Balaban J connectivity index is 3.87. The van der Waals surface area contributed by atoms with Gasteiger partial charge in [-0.25, -0.2) is 0 Å². The molecule has 0 aromatic rings. The van der Waals surface area contributed by atoms with E-state index < -0.39 is 0 Å². The second-order valence-corrected chi connectivity index (χ2v) is 3.92. The van der Waals surface area contributed by atoms with Crippen LogP contribution in [0.5, 0.6) is 0 Å². The van der Waals surface area contributed by atoms with E-state index in [4.69, 9.17) is 15.5 Å². The fourth-order valence-corrected chi connectivity index (χ4v) is 1.64. The molecule has 0 bridgehead atoms. The molecule has 0 saturated carbocycles. The lowest BCUT2D eigenvalue weighted by Gasteiger charge is -2.19. The lowest BCUT2D eigenvalue weighted by atomic mass is 8.76. The molecule has 0 aromatic heterocycles. The number of allylic oxidation sites excluding steroid dienone is 2. The maximum absolute atomic E-state index is 5.67. The van der Waals surface area contributed by atoms with Gasteiger partial charge in [0, 0.05) is 72.0 Å². The molecule has 70 valence electrons. The summed E-state index contributed by atoms with van der Waals surface area (Å²) in [6, 6.07) is 0. The molecule has 12 heteroatoms. The summed E-state index contributed by atoms with van der Waals surface area (Å²) < 4.78 is 0. The first-order valence-corrected chi connectivity index (χ1v) is 6.12. The normalized spacial score (nSPS) is 8.22. The molecule has 0 unspecified atom stereocenters. The summed E-state index contributed by atoms with van der Waals surface area (Å²) in [5.41, 5.74) is 0. The topological polar surface area (TPSA) is 0 Å². The van der Waals surface area contributed by atoms with Crippen molar-refractivity contribution >= 4 is 85.0 Å². The van der Waals surface area contributed by atoms with Crippen molar-refractivity contribution in [3.8, 4) is 0 Å². The average Bonchev–Trinajstić information content (AvgIpc) is 2.39. The first-order valence-electron chi connectivity index (χ1n) is 6.12. The van der Waals surface area contributed by atoms with Crippen molar-refractivity contribution in [3.63, 3.8) is 0 Å². The Hall–Kier alpha value is 0.259. The predicted octanol–water partition coefficient (Wildman–Crippen LogP) is -2.29. The first kappa shape index (κ1) is 18.3. The fourth-order valence-electron chi connectivity index (χ4n) is 1.64. The molecule has 0 heterocycles. The van der Waals surface area contributed by atoms with Gasteiger partial charge in [0.05, 0.1) is 13.0 Å². The van der Waals surface area contributed by atoms with E-state index in [1.165, 1.54) is 7.06 Å². The molecule has 0 saturated heterocycles. The standard InChI is InChI=1S/C6H10B12/c1-3-5-17(10-8)18(6-4-2)16-15-14-13-12-11-9-7/h3-4H,1-2,5-6H2. The molecule has 0 N–H and O–H groups in total. The van der Waals surface area contributed by atoms with Crippen LogP contribution < -0.4 is 0 Å². The largest absolute Gasteiger partial charge is 0.104 e. The smallest absolute Gasteiger partial charge is 0.0595 e. The maximum atomic E-state index is 5.67. The van der Waals surface area contributed by atoms with Crippen LogP contribution in [0.2, 0.25) is 12.6 Å². The molecule has 0 fully saturated rings. The molecule has 0 amide bonds. The Kier molecular flexibility index (Phi) is 13.9. The zero-order chi connectivity index (χ0) is 13.6. The highest BCUT2D eigenvalue weighted by Crippen LogP contribution is 2.01. The Bertz CT molecular complexity index is 209. The van der Waals surface area contributed by atoms with Crippen LogP contribution in [0.4, 0.5) is 0 Å². The summed E-state index contributed by atoms with van der Waals surface area (Å²) in [5.74, 6) is 0. The molecule has 0 atom stereocenters. The summed E-state index contributed by atoms with van der Waals surface area (Å²) in [5, 5.41) is 0. The van der Waals surface area contributed by atoms with Gasteiger partial charge in [0.15, 0.2) is 0 Å². The molecule has 18 heavy (non-hydrogen) atoms. The highest BCUT2D eigenvalue weighted by molar-refractivity contribution is 7.76. The van der Waals surface area contributed by atoms with Crippen molar-refractivity contribution in [3.05, 3.63) is 25.3 Å². The van der Waals surface area contributed by atoms with Crippen LogP contribution in [-0.2, 0) is 0 Å². The maximum Gasteiger partial charge on any atom is 0.0595 e. The third kappa shape index (κ3) is 9.22. The second-order valence-electron chi connectivity index (χ2n) is 3.92. The third-order valence-corrected chi connectivity index (χ3v) is 2.59. The van der Waals surface area contributed by atoms with Crippen molar-refractivity contribution in [2.75, 3.05) is 0 Å².